The van der Waals surface area contributed by atoms with E-state index in [-0.39, 0.29) is 0 Å². The van der Waals surface area contributed by atoms with E-state index in [1.807, 2.05) is 43.7 Å². The second-order valence-electron chi connectivity index (χ2n) is 6.21. The van der Waals surface area contributed by atoms with Gasteiger partial charge in [0.2, 0.25) is 0 Å². The number of guanidine groups is 1. The number of hydrogen-bond donors (Lipinski definition) is 1. The maximum atomic E-state index is 4.45. The monoisotopic (exact) mass is 315 g/mol. The average molecular weight is 315 g/mol. The minimum atomic E-state index is 0.434. The lowest BCUT2D eigenvalue weighted by molar-refractivity contribution is 0.189. The van der Waals surface area contributed by atoms with Gasteiger partial charge in [-0.3, -0.25) is 9.67 Å². The van der Waals surface area contributed by atoms with E-state index in [1.54, 1.807) is 0 Å². The molecule has 3 rings (SSSR count). The Balaban J connectivity index is 1.64. The Kier molecular flexibility index (Phi) is 4.64. The van der Waals surface area contributed by atoms with Crippen LogP contribution in [0.2, 0.25) is 0 Å². The van der Waals surface area contributed by atoms with Crippen molar-refractivity contribution in [2.45, 2.75) is 25.9 Å². The molecule has 1 fully saturated rings. The summed E-state index contributed by atoms with van der Waals surface area (Å²) in [6, 6.07) is 0.434. The molecule has 2 unspecified atom stereocenters. The lowest BCUT2D eigenvalue weighted by Gasteiger charge is -2.39. The van der Waals surface area contributed by atoms with E-state index in [0.29, 0.717) is 12.0 Å². The Morgan fingerprint density at radius 2 is 2.35 bits per heavy atom. The van der Waals surface area contributed by atoms with Gasteiger partial charge in [0.15, 0.2) is 5.96 Å². The second kappa shape index (κ2) is 6.85. The lowest BCUT2D eigenvalue weighted by Crippen LogP contribution is -2.48. The number of aromatic nitrogens is 4. The molecule has 0 amide bonds. The molecule has 2 atom stereocenters. The summed E-state index contributed by atoms with van der Waals surface area (Å²) in [4.78, 5) is 11.0. The van der Waals surface area contributed by atoms with Crippen molar-refractivity contribution >= 4 is 5.96 Å². The quantitative estimate of drug-likeness (QED) is 0.684. The normalized spacial score (nSPS) is 22.4. The van der Waals surface area contributed by atoms with Gasteiger partial charge in [0.05, 0.1) is 18.6 Å². The van der Waals surface area contributed by atoms with Gasteiger partial charge in [-0.05, 0) is 12.3 Å². The van der Waals surface area contributed by atoms with E-state index in [4.69, 9.17) is 0 Å². The summed E-state index contributed by atoms with van der Waals surface area (Å²) >= 11 is 0. The van der Waals surface area contributed by atoms with Crippen LogP contribution in [0.15, 0.2) is 36.1 Å². The summed E-state index contributed by atoms with van der Waals surface area (Å²) in [5.74, 6) is 1.59. The number of hydrogen-bond acceptors (Lipinski definition) is 3. The number of rotatable bonds is 3. The van der Waals surface area contributed by atoms with Crippen LogP contribution in [-0.2, 0) is 13.6 Å². The predicted octanol–water partition coefficient (Wildman–Crippen LogP) is 1.28. The van der Waals surface area contributed by atoms with Gasteiger partial charge in [-0.25, -0.2) is 4.98 Å². The Morgan fingerprint density at radius 1 is 1.48 bits per heavy atom. The zero-order chi connectivity index (χ0) is 16.2. The first-order valence-corrected chi connectivity index (χ1v) is 8.08. The van der Waals surface area contributed by atoms with Crippen LogP contribution >= 0.6 is 0 Å². The minimum absolute atomic E-state index is 0.434. The predicted molar refractivity (Wildman–Crippen MR) is 90.0 cm³/mol. The van der Waals surface area contributed by atoms with Crippen LogP contribution in [0.1, 0.15) is 24.9 Å². The van der Waals surface area contributed by atoms with Crippen molar-refractivity contribution in [3.63, 3.8) is 0 Å². The van der Waals surface area contributed by atoms with Gasteiger partial charge < -0.3 is 14.8 Å². The van der Waals surface area contributed by atoms with Gasteiger partial charge in [-0.1, -0.05) is 6.92 Å². The van der Waals surface area contributed by atoms with Crippen LogP contribution in [-0.4, -0.2) is 50.3 Å². The molecule has 0 spiro atoms. The number of aryl methyl sites for hydroxylation is 1. The van der Waals surface area contributed by atoms with Crippen molar-refractivity contribution in [2.75, 3.05) is 20.1 Å². The molecule has 124 valence electrons. The number of aliphatic imine (C=N–C) groups is 1. The first-order valence-electron chi connectivity index (χ1n) is 8.08. The maximum Gasteiger partial charge on any atom is 0.193 e. The molecule has 0 aliphatic carbocycles. The van der Waals surface area contributed by atoms with Crippen molar-refractivity contribution in [1.82, 2.24) is 29.5 Å². The zero-order valence-electron chi connectivity index (χ0n) is 14.1. The fourth-order valence-electron chi connectivity index (χ4n) is 3.17. The maximum absolute atomic E-state index is 4.45. The summed E-state index contributed by atoms with van der Waals surface area (Å²) in [7, 11) is 3.77. The van der Waals surface area contributed by atoms with Gasteiger partial charge in [0.25, 0.3) is 0 Å². The molecule has 7 nitrogen and oxygen atoms in total. The van der Waals surface area contributed by atoms with Crippen molar-refractivity contribution in [3.8, 4) is 0 Å². The zero-order valence-corrected chi connectivity index (χ0v) is 14.1. The van der Waals surface area contributed by atoms with Crippen molar-refractivity contribution in [2.24, 2.45) is 18.0 Å². The largest absolute Gasteiger partial charge is 0.352 e. The number of piperidine rings is 1. The van der Waals surface area contributed by atoms with Gasteiger partial charge in [-0.15, -0.1) is 0 Å². The highest BCUT2D eigenvalue weighted by molar-refractivity contribution is 5.80. The summed E-state index contributed by atoms with van der Waals surface area (Å²) in [5.41, 5.74) is 1.16. The first kappa shape index (κ1) is 15.6. The summed E-state index contributed by atoms with van der Waals surface area (Å²) in [6.07, 6.45) is 10.9. The smallest absolute Gasteiger partial charge is 0.193 e. The molecule has 0 aromatic carbocycles. The SMILES string of the molecule is CN=C(NCc1cnn(C)c1)N1CCC(C)C(n2ccnc2)C1. The van der Waals surface area contributed by atoms with E-state index in [2.05, 4.69) is 43.0 Å². The number of likely N-dealkylation sites (tertiary alicyclic amines) is 1. The highest BCUT2D eigenvalue weighted by atomic mass is 15.3. The molecule has 2 aromatic rings. The number of nitrogens with one attached hydrogen (secondary N) is 1. The molecule has 7 heteroatoms. The molecule has 1 N–H and O–H groups in total. The van der Waals surface area contributed by atoms with Crippen LogP contribution in [0.4, 0.5) is 0 Å². The van der Waals surface area contributed by atoms with E-state index < -0.39 is 0 Å². The topological polar surface area (TPSA) is 63.3 Å². The molecule has 1 aliphatic heterocycles. The van der Waals surface area contributed by atoms with Gasteiger partial charge in [0.1, 0.15) is 0 Å². The minimum Gasteiger partial charge on any atom is -0.352 e. The first-order chi connectivity index (χ1) is 11.2. The third-order valence-electron chi connectivity index (χ3n) is 4.55. The van der Waals surface area contributed by atoms with Gasteiger partial charge in [-0.2, -0.15) is 5.10 Å². The van der Waals surface area contributed by atoms with Crippen LogP contribution in [0.5, 0.6) is 0 Å². The fourth-order valence-corrected chi connectivity index (χ4v) is 3.17. The number of nitrogens with zero attached hydrogens (tertiary/aromatic N) is 6. The van der Waals surface area contributed by atoms with Crippen molar-refractivity contribution in [3.05, 3.63) is 36.7 Å². The molecule has 1 aliphatic rings. The molecular formula is C16H25N7. The standard InChI is InChI=1S/C16H25N7/c1-13-4-6-22(11-15(13)23-7-5-18-12-23)16(17-2)19-8-14-9-20-21(3)10-14/h5,7,9-10,12-13,15H,4,6,8,11H2,1-3H3,(H,17,19). The summed E-state index contributed by atoms with van der Waals surface area (Å²) in [5, 5.41) is 7.65. The third-order valence-corrected chi connectivity index (χ3v) is 4.55. The highest BCUT2D eigenvalue weighted by Crippen LogP contribution is 2.27. The Bertz CT molecular complexity index is 643. The molecular weight excluding hydrogens is 290 g/mol. The molecule has 0 bridgehead atoms. The highest BCUT2D eigenvalue weighted by Gasteiger charge is 2.28. The fraction of sp³-hybridized carbons (Fsp3) is 0.562. The third kappa shape index (κ3) is 3.55. The molecule has 2 aromatic heterocycles. The summed E-state index contributed by atoms with van der Waals surface area (Å²) in [6.45, 7) is 5.03. The van der Waals surface area contributed by atoms with E-state index in [9.17, 15) is 0 Å². The van der Waals surface area contributed by atoms with E-state index in [1.165, 1.54) is 0 Å². The molecule has 0 radical (unpaired) electrons. The van der Waals surface area contributed by atoms with E-state index >= 15 is 0 Å². The average Bonchev–Trinajstić information content (AvgIpc) is 3.21. The summed E-state index contributed by atoms with van der Waals surface area (Å²) < 4.78 is 4.03. The van der Waals surface area contributed by atoms with E-state index in [0.717, 1.165) is 37.6 Å². The van der Waals surface area contributed by atoms with Crippen LogP contribution in [0.25, 0.3) is 0 Å². The molecule has 23 heavy (non-hydrogen) atoms. The number of imidazole rings is 1. The van der Waals surface area contributed by atoms with Gasteiger partial charge >= 0.3 is 0 Å². The van der Waals surface area contributed by atoms with Crippen LogP contribution in [0, 0.1) is 5.92 Å². The Labute approximate surface area is 137 Å². The van der Waals surface area contributed by atoms with Gasteiger partial charge in [0, 0.05) is 57.9 Å². The molecule has 0 saturated carbocycles. The lowest BCUT2D eigenvalue weighted by atomic mass is 9.93. The van der Waals surface area contributed by atoms with Crippen molar-refractivity contribution in [1.29, 1.82) is 0 Å². The Morgan fingerprint density at radius 3 is 3.00 bits per heavy atom. The molecule has 3 heterocycles. The van der Waals surface area contributed by atoms with Crippen LogP contribution in [0.3, 0.4) is 0 Å². The second-order valence-corrected chi connectivity index (χ2v) is 6.21. The van der Waals surface area contributed by atoms with Crippen LogP contribution < -0.4 is 5.32 Å². The van der Waals surface area contributed by atoms with Crippen molar-refractivity contribution < 1.29 is 0 Å². The molecule has 1 saturated heterocycles. The Hall–Kier alpha value is -2.31.